The Morgan fingerprint density at radius 2 is 1.88 bits per heavy atom. The maximum Gasteiger partial charge on any atom is 0.319 e. The van der Waals surface area contributed by atoms with Crippen molar-refractivity contribution in [3.8, 4) is 11.3 Å². The smallest absolute Gasteiger partial charge is 0.319 e. The molecule has 0 spiro atoms. The van der Waals surface area contributed by atoms with E-state index in [4.69, 9.17) is 4.74 Å². The number of halogens is 2. The molecule has 2 aromatic heterocycles. The fourth-order valence-corrected chi connectivity index (χ4v) is 3.04. The van der Waals surface area contributed by atoms with Crippen LogP contribution in [0.3, 0.4) is 0 Å². The number of pyridine rings is 1. The zero-order chi connectivity index (χ0) is 23.1. The summed E-state index contributed by atoms with van der Waals surface area (Å²) in [7, 11) is 1.68. The monoisotopic (exact) mass is 443 g/mol. The van der Waals surface area contributed by atoms with E-state index in [0.29, 0.717) is 17.1 Å². The molecule has 1 aromatic carbocycles. The van der Waals surface area contributed by atoms with E-state index in [0.717, 1.165) is 17.7 Å². The molecule has 0 saturated heterocycles. The van der Waals surface area contributed by atoms with Crippen LogP contribution in [0.2, 0.25) is 0 Å². The van der Waals surface area contributed by atoms with Crippen LogP contribution in [-0.2, 0) is 27.8 Å². The van der Waals surface area contributed by atoms with Crippen molar-refractivity contribution < 1.29 is 23.1 Å². The Bertz CT molecular complexity index is 1090. The summed E-state index contributed by atoms with van der Waals surface area (Å²) in [5, 5.41) is 9.98. The fourth-order valence-electron chi connectivity index (χ4n) is 3.04. The Hall–Kier alpha value is -3.66. The highest BCUT2D eigenvalue weighted by molar-refractivity contribution is 5.95. The average molecular weight is 443 g/mol. The van der Waals surface area contributed by atoms with Crippen LogP contribution in [0.1, 0.15) is 12.5 Å². The van der Waals surface area contributed by atoms with Crippen LogP contribution in [0, 0.1) is 11.6 Å². The molecule has 3 rings (SSSR count). The lowest BCUT2D eigenvalue weighted by Crippen LogP contribution is -2.45. The highest BCUT2D eigenvalue weighted by atomic mass is 19.2. The average Bonchev–Trinajstić information content (AvgIpc) is 3.14. The molecule has 0 bridgehead atoms. The van der Waals surface area contributed by atoms with Gasteiger partial charge in [-0.15, -0.1) is 0 Å². The van der Waals surface area contributed by atoms with E-state index in [1.807, 2.05) is 0 Å². The minimum absolute atomic E-state index is 0.0253. The van der Waals surface area contributed by atoms with Gasteiger partial charge in [0.1, 0.15) is 5.82 Å². The van der Waals surface area contributed by atoms with E-state index in [2.05, 4.69) is 20.7 Å². The number of rotatable bonds is 9. The van der Waals surface area contributed by atoms with E-state index in [1.54, 1.807) is 44.6 Å². The number of nitrogens with one attached hydrogen (secondary N) is 2. The van der Waals surface area contributed by atoms with Crippen molar-refractivity contribution in [2.45, 2.75) is 19.4 Å². The number of aryl methyl sites for hydroxylation is 1. The number of esters is 1. The van der Waals surface area contributed by atoms with Crippen molar-refractivity contribution in [2.75, 3.05) is 18.5 Å². The molecular weight excluding hydrogens is 420 g/mol. The molecule has 0 fully saturated rings. The molecule has 1 amide bonds. The van der Waals surface area contributed by atoms with Crippen LogP contribution >= 0.6 is 0 Å². The molecule has 2 N–H and O–H groups in total. The molecule has 2 heterocycles. The molecule has 3 aromatic rings. The summed E-state index contributed by atoms with van der Waals surface area (Å²) in [6, 6.07) is 7.77. The van der Waals surface area contributed by atoms with Gasteiger partial charge in [0, 0.05) is 31.1 Å². The molecule has 1 atom stereocenters. The number of carbonyl (C=O) groups excluding carboxylic acids is 2. The lowest BCUT2D eigenvalue weighted by molar-refractivity contribution is -0.142. The van der Waals surface area contributed by atoms with Crippen molar-refractivity contribution in [1.82, 2.24) is 20.1 Å². The van der Waals surface area contributed by atoms with E-state index in [1.165, 1.54) is 10.7 Å². The highest BCUT2D eigenvalue weighted by Gasteiger charge is 2.22. The summed E-state index contributed by atoms with van der Waals surface area (Å²) < 4.78 is 33.3. The Morgan fingerprint density at radius 1 is 1.12 bits per heavy atom. The summed E-state index contributed by atoms with van der Waals surface area (Å²) >= 11 is 0. The number of aromatic nitrogens is 3. The lowest BCUT2D eigenvalue weighted by Gasteiger charge is -2.18. The normalized spacial score (nSPS) is 11.8. The van der Waals surface area contributed by atoms with Gasteiger partial charge in [0.15, 0.2) is 11.6 Å². The topological polar surface area (TPSA) is 98.1 Å². The van der Waals surface area contributed by atoms with Gasteiger partial charge in [0.2, 0.25) is 5.91 Å². The predicted octanol–water partition coefficient (Wildman–Crippen LogP) is 2.46. The number of anilines is 1. The van der Waals surface area contributed by atoms with Crippen LogP contribution in [0.25, 0.3) is 11.3 Å². The first-order valence-electron chi connectivity index (χ1n) is 9.95. The van der Waals surface area contributed by atoms with Crippen molar-refractivity contribution in [3.63, 3.8) is 0 Å². The quantitative estimate of drug-likeness (QED) is 0.493. The molecule has 32 heavy (non-hydrogen) atoms. The first-order valence-corrected chi connectivity index (χ1v) is 9.95. The van der Waals surface area contributed by atoms with Gasteiger partial charge >= 0.3 is 5.97 Å². The van der Waals surface area contributed by atoms with Gasteiger partial charge in [0.05, 0.1) is 24.9 Å². The molecular formula is C22H23F2N5O3. The largest absolute Gasteiger partial charge is 0.465 e. The third kappa shape index (κ3) is 5.94. The number of benzene rings is 1. The minimum atomic E-state index is -1.01. The molecule has 0 aliphatic heterocycles. The Morgan fingerprint density at radius 3 is 2.56 bits per heavy atom. The minimum Gasteiger partial charge on any atom is -0.465 e. The molecule has 0 radical (unpaired) electrons. The number of ether oxygens (including phenoxy) is 1. The molecule has 0 unspecified atom stereocenters. The summed E-state index contributed by atoms with van der Waals surface area (Å²) in [4.78, 5) is 28.7. The SMILES string of the molecule is CCOC(=O)CN[C@@H](Cc1ccc(F)c(F)c1)C(=O)Nc1cc(-c2ccncc2)nn1C. The number of hydrogen-bond donors (Lipinski definition) is 2. The first kappa shape index (κ1) is 23.0. The lowest BCUT2D eigenvalue weighted by atomic mass is 10.0. The van der Waals surface area contributed by atoms with E-state index >= 15 is 0 Å². The second-order valence-electron chi connectivity index (χ2n) is 6.95. The van der Waals surface area contributed by atoms with Crippen LogP contribution in [0.5, 0.6) is 0 Å². The summed E-state index contributed by atoms with van der Waals surface area (Å²) in [6.07, 6.45) is 3.30. The van der Waals surface area contributed by atoms with Crippen LogP contribution in [0.4, 0.5) is 14.6 Å². The number of hydrogen-bond acceptors (Lipinski definition) is 6. The van der Waals surface area contributed by atoms with Crippen molar-refractivity contribution >= 4 is 17.7 Å². The molecule has 0 saturated carbocycles. The number of amides is 1. The molecule has 0 aliphatic rings. The Kier molecular flexibility index (Phi) is 7.61. The molecule has 0 aliphatic carbocycles. The summed E-state index contributed by atoms with van der Waals surface area (Å²) in [5.41, 5.74) is 1.86. The van der Waals surface area contributed by atoms with E-state index in [-0.39, 0.29) is 19.6 Å². The van der Waals surface area contributed by atoms with Gasteiger partial charge in [-0.1, -0.05) is 6.07 Å². The Labute approximate surface area is 183 Å². The summed E-state index contributed by atoms with van der Waals surface area (Å²) in [5.74, 6) is -2.57. The fraction of sp³-hybridized carbons (Fsp3) is 0.273. The predicted molar refractivity (Wildman–Crippen MR) is 114 cm³/mol. The molecule has 8 nitrogen and oxygen atoms in total. The van der Waals surface area contributed by atoms with E-state index in [9.17, 15) is 18.4 Å². The van der Waals surface area contributed by atoms with Gasteiger partial charge in [-0.3, -0.25) is 24.6 Å². The first-order chi connectivity index (χ1) is 15.4. The zero-order valence-corrected chi connectivity index (χ0v) is 17.6. The van der Waals surface area contributed by atoms with Gasteiger partial charge in [0.25, 0.3) is 0 Å². The van der Waals surface area contributed by atoms with Crippen molar-refractivity contribution in [1.29, 1.82) is 0 Å². The Balaban J connectivity index is 1.77. The van der Waals surface area contributed by atoms with Gasteiger partial charge < -0.3 is 10.1 Å². The second-order valence-corrected chi connectivity index (χ2v) is 6.95. The molecule has 168 valence electrons. The van der Waals surface area contributed by atoms with Crippen LogP contribution in [0.15, 0.2) is 48.8 Å². The highest BCUT2D eigenvalue weighted by Crippen LogP contribution is 2.21. The zero-order valence-electron chi connectivity index (χ0n) is 17.6. The summed E-state index contributed by atoms with van der Waals surface area (Å²) in [6.45, 7) is 1.66. The third-order valence-corrected chi connectivity index (χ3v) is 4.65. The van der Waals surface area contributed by atoms with Gasteiger partial charge in [-0.2, -0.15) is 5.10 Å². The van der Waals surface area contributed by atoms with E-state index < -0.39 is 29.6 Å². The number of nitrogens with zero attached hydrogens (tertiary/aromatic N) is 3. The third-order valence-electron chi connectivity index (χ3n) is 4.65. The number of carbonyl (C=O) groups is 2. The maximum atomic E-state index is 13.6. The van der Waals surface area contributed by atoms with Crippen molar-refractivity contribution in [2.24, 2.45) is 7.05 Å². The maximum absolute atomic E-state index is 13.6. The van der Waals surface area contributed by atoms with Crippen molar-refractivity contribution in [3.05, 3.63) is 66.0 Å². The second kappa shape index (κ2) is 10.6. The standard InChI is InChI=1S/C22H23F2N5O3/c1-3-32-21(30)13-26-19(11-14-4-5-16(23)17(24)10-14)22(31)27-20-12-18(28-29(20)2)15-6-8-25-9-7-15/h4-10,12,19,26H,3,11,13H2,1-2H3,(H,27,31)/t19-/m0/s1. The van der Waals surface area contributed by atoms with Gasteiger partial charge in [-0.05, 0) is 43.2 Å². The van der Waals surface area contributed by atoms with Gasteiger partial charge in [-0.25, -0.2) is 8.78 Å². The molecule has 10 heteroatoms. The van der Waals surface area contributed by atoms with Crippen LogP contribution < -0.4 is 10.6 Å². The van der Waals surface area contributed by atoms with Crippen LogP contribution in [-0.4, -0.2) is 45.8 Å².